The first kappa shape index (κ1) is 23.5. The Morgan fingerprint density at radius 1 is 0.941 bits per heavy atom. The Morgan fingerprint density at radius 3 is 2.47 bits per heavy atom. The summed E-state index contributed by atoms with van der Waals surface area (Å²) >= 11 is 1.57. The first-order valence-electron chi connectivity index (χ1n) is 10.4. The van der Waals surface area contributed by atoms with Gasteiger partial charge < -0.3 is 4.74 Å². The topological polar surface area (TPSA) is 52.1 Å². The molecule has 172 valence electrons. The number of benzene rings is 3. The van der Waals surface area contributed by atoms with Gasteiger partial charge in [0.15, 0.2) is 5.78 Å². The van der Waals surface area contributed by atoms with E-state index in [2.05, 4.69) is 9.97 Å². The van der Waals surface area contributed by atoms with Crippen LogP contribution in [0.4, 0.5) is 13.2 Å². The Kier molecular flexibility index (Phi) is 7.27. The maximum atomic E-state index is 13.1. The summed E-state index contributed by atoms with van der Waals surface area (Å²) in [6.07, 6.45) is -0.619. The first-order valence-corrected chi connectivity index (χ1v) is 11.3. The Morgan fingerprint density at radius 2 is 1.68 bits per heavy atom. The van der Waals surface area contributed by atoms with Crippen molar-refractivity contribution in [3.8, 4) is 5.75 Å². The number of hydrogen-bond donors (Lipinski definition) is 0. The van der Waals surface area contributed by atoms with E-state index in [0.717, 1.165) is 28.1 Å². The lowest BCUT2D eigenvalue weighted by Crippen LogP contribution is -2.07. The van der Waals surface area contributed by atoms with Crippen LogP contribution in [-0.2, 0) is 6.18 Å². The molecule has 0 unspecified atom stereocenters. The molecule has 0 saturated carbocycles. The van der Waals surface area contributed by atoms with Crippen molar-refractivity contribution in [3.05, 3.63) is 102 Å². The van der Waals surface area contributed by atoms with E-state index in [0.29, 0.717) is 23.7 Å². The third-order valence-electron chi connectivity index (χ3n) is 4.92. The van der Waals surface area contributed by atoms with E-state index in [1.54, 1.807) is 36.0 Å². The van der Waals surface area contributed by atoms with Gasteiger partial charge in [-0.3, -0.25) is 4.79 Å². The zero-order chi connectivity index (χ0) is 24.0. The molecule has 8 heteroatoms. The third-order valence-corrected chi connectivity index (χ3v) is 5.89. The third kappa shape index (κ3) is 5.82. The number of halogens is 3. The largest absolute Gasteiger partial charge is 0.493 e. The summed E-state index contributed by atoms with van der Waals surface area (Å²) < 4.78 is 45.0. The van der Waals surface area contributed by atoms with E-state index < -0.39 is 17.5 Å². The smallest absolute Gasteiger partial charge is 0.416 e. The van der Waals surface area contributed by atoms with Gasteiger partial charge in [0.25, 0.3) is 0 Å². The van der Waals surface area contributed by atoms with Gasteiger partial charge in [-0.05, 0) is 48.0 Å². The first-order chi connectivity index (χ1) is 16.4. The van der Waals surface area contributed by atoms with Crippen LogP contribution in [0.15, 0.2) is 90.2 Å². The molecule has 1 heterocycles. The molecule has 0 radical (unpaired) electrons. The molecular formula is C26H19F3N2O2S. The van der Waals surface area contributed by atoms with E-state index in [4.69, 9.17) is 4.74 Å². The van der Waals surface area contributed by atoms with Crippen LogP contribution in [0.5, 0.6) is 5.75 Å². The number of nitrogens with zero attached hydrogens (tertiary/aromatic N) is 2. The zero-order valence-corrected chi connectivity index (χ0v) is 18.6. The van der Waals surface area contributed by atoms with Gasteiger partial charge in [-0.15, -0.1) is 11.8 Å². The molecule has 0 fully saturated rings. The fraction of sp³-hybridized carbons (Fsp3) is 0.115. The molecule has 0 saturated heterocycles. The molecule has 0 aliphatic carbocycles. The van der Waals surface area contributed by atoms with Crippen molar-refractivity contribution in [3.63, 3.8) is 0 Å². The molecule has 4 rings (SSSR count). The minimum Gasteiger partial charge on any atom is -0.493 e. The number of carbonyl (C=O) groups excluding carboxylic acids is 1. The van der Waals surface area contributed by atoms with Crippen LogP contribution in [0.25, 0.3) is 17.0 Å². The molecule has 0 aliphatic heterocycles. The molecule has 0 amide bonds. The monoisotopic (exact) mass is 480 g/mol. The maximum Gasteiger partial charge on any atom is 0.416 e. The van der Waals surface area contributed by atoms with E-state index in [9.17, 15) is 18.0 Å². The highest BCUT2D eigenvalue weighted by molar-refractivity contribution is 7.99. The number of alkyl halides is 3. The quantitative estimate of drug-likeness (QED) is 0.0922. The summed E-state index contributed by atoms with van der Waals surface area (Å²) in [7, 11) is 0. The number of para-hydroxylation sites is 1. The minimum absolute atomic E-state index is 0.0581. The SMILES string of the molecule is O=C(/C=C/c1ccccc1C(F)(F)F)c1ccc(OCCSc2ncnc3ccccc23)cc1. The fourth-order valence-corrected chi connectivity index (χ4v) is 4.08. The zero-order valence-electron chi connectivity index (χ0n) is 17.8. The van der Waals surface area contributed by atoms with Gasteiger partial charge in [0, 0.05) is 16.7 Å². The van der Waals surface area contributed by atoms with E-state index >= 15 is 0 Å². The van der Waals surface area contributed by atoms with Gasteiger partial charge >= 0.3 is 6.18 Å². The summed E-state index contributed by atoms with van der Waals surface area (Å²) in [5.74, 6) is 0.870. The Balaban J connectivity index is 1.32. The number of hydrogen-bond acceptors (Lipinski definition) is 5. The van der Waals surface area contributed by atoms with Crippen LogP contribution in [0, 0.1) is 0 Å². The Hall–Kier alpha value is -3.65. The van der Waals surface area contributed by atoms with E-state index in [-0.39, 0.29) is 5.56 Å². The molecule has 1 aromatic heterocycles. The maximum absolute atomic E-state index is 13.1. The summed E-state index contributed by atoms with van der Waals surface area (Å²) in [6, 6.07) is 19.4. The van der Waals surface area contributed by atoms with Crippen molar-refractivity contribution in [2.45, 2.75) is 11.2 Å². The van der Waals surface area contributed by atoms with Gasteiger partial charge in [0.05, 0.1) is 17.7 Å². The van der Waals surface area contributed by atoms with Gasteiger partial charge in [-0.2, -0.15) is 13.2 Å². The summed E-state index contributed by atoms with van der Waals surface area (Å²) in [6.45, 7) is 0.435. The predicted octanol–water partition coefficient (Wildman–Crippen LogP) is 6.72. The van der Waals surface area contributed by atoms with Crippen molar-refractivity contribution in [1.29, 1.82) is 0 Å². The molecule has 0 spiro atoms. The van der Waals surface area contributed by atoms with E-state index in [1.165, 1.54) is 30.6 Å². The summed E-state index contributed by atoms with van der Waals surface area (Å²) in [5.41, 5.74) is 0.403. The minimum atomic E-state index is -4.48. The van der Waals surface area contributed by atoms with Crippen LogP contribution in [0.3, 0.4) is 0 Å². The van der Waals surface area contributed by atoms with Gasteiger partial charge in [-0.25, -0.2) is 9.97 Å². The van der Waals surface area contributed by atoms with Crippen molar-refractivity contribution in [2.75, 3.05) is 12.4 Å². The second-order valence-corrected chi connectivity index (χ2v) is 8.28. The van der Waals surface area contributed by atoms with Crippen LogP contribution in [-0.4, -0.2) is 28.1 Å². The Bertz CT molecular complexity index is 1320. The fourth-order valence-electron chi connectivity index (χ4n) is 3.27. The number of ketones is 1. The summed E-state index contributed by atoms with van der Waals surface area (Å²) in [4.78, 5) is 21.0. The van der Waals surface area contributed by atoms with Gasteiger partial charge in [-0.1, -0.05) is 42.5 Å². The lowest BCUT2D eigenvalue weighted by molar-refractivity contribution is -0.137. The Labute approximate surface area is 198 Å². The molecule has 0 aliphatic rings. The molecule has 3 aromatic carbocycles. The van der Waals surface area contributed by atoms with Gasteiger partial charge in [0.2, 0.25) is 0 Å². The molecule has 34 heavy (non-hydrogen) atoms. The summed E-state index contributed by atoms with van der Waals surface area (Å²) in [5, 5.41) is 1.87. The number of rotatable bonds is 8. The number of thioether (sulfide) groups is 1. The average Bonchev–Trinajstić information content (AvgIpc) is 2.85. The van der Waals surface area contributed by atoms with Crippen molar-refractivity contribution in [2.24, 2.45) is 0 Å². The van der Waals surface area contributed by atoms with Crippen LogP contribution in [0.1, 0.15) is 21.5 Å². The highest BCUT2D eigenvalue weighted by Gasteiger charge is 2.32. The average molecular weight is 481 g/mol. The molecule has 0 atom stereocenters. The second-order valence-electron chi connectivity index (χ2n) is 7.20. The molecule has 4 nitrogen and oxygen atoms in total. The van der Waals surface area contributed by atoms with Crippen molar-refractivity contribution < 1.29 is 22.7 Å². The van der Waals surface area contributed by atoms with Crippen LogP contribution < -0.4 is 4.74 Å². The highest BCUT2D eigenvalue weighted by atomic mass is 32.2. The molecule has 0 N–H and O–H groups in total. The van der Waals surface area contributed by atoms with Crippen molar-refractivity contribution in [1.82, 2.24) is 9.97 Å². The number of allylic oxidation sites excluding steroid dienone is 1. The molecule has 4 aromatic rings. The molecular weight excluding hydrogens is 461 g/mol. The molecule has 0 bridgehead atoms. The van der Waals surface area contributed by atoms with Crippen LogP contribution >= 0.6 is 11.8 Å². The van der Waals surface area contributed by atoms with Crippen LogP contribution in [0.2, 0.25) is 0 Å². The number of carbonyl (C=O) groups is 1. The highest BCUT2D eigenvalue weighted by Crippen LogP contribution is 2.32. The normalized spacial score (nSPS) is 11.7. The standard InChI is InChI=1S/C26H19F3N2O2S/c27-26(28,29)22-7-3-1-5-18(22)11-14-24(32)19-9-12-20(13-10-19)33-15-16-34-25-21-6-2-4-8-23(21)30-17-31-25/h1-14,17H,15-16H2/b14-11+. The lowest BCUT2D eigenvalue weighted by Gasteiger charge is -2.09. The number of fused-ring (bicyclic) bond motifs is 1. The van der Waals surface area contributed by atoms with Crippen molar-refractivity contribution >= 4 is 34.5 Å². The second kappa shape index (κ2) is 10.5. The lowest BCUT2D eigenvalue weighted by atomic mass is 10.0. The van der Waals surface area contributed by atoms with Gasteiger partial charge in [0.1, 0.15) is 17.1 Å². The number of aromatic nitrogens is 2. The van der Waals surface area contributed by atoms with E-state index in [1.807, 2.05) is 24.3 Å². The predicted molar refractivity (Wildman–Crippen MR) is 127 cm³/mol. The number of ether oxygens (including phenoxy) is 1.